The van der Waals surface area contributed by atoms with Crippen molar-refractivity contribution < 1.29 is 9.59 Å². The molecular weight excluding hydrogens is 308 g/mol. The largest absolute Gasteiger partial charge is 0.354 e. The van der Waals surface area contributed by atoms with Crippen LogP contribution >= 0.6 is 11.6 Å². The number of hydrogen-bond acceptors (Lipinski definition) is 4. The van der Waals surface area contributed by atoms with Crippen LogP contribution in [0.5, 0.6) is 0 Å². The van der Waals surface area contributed by atoms with E-state index in [-0.39, 0.29) is 22.3 Å². The molecule has 0 atom stereocenters. The molecule has 2 amide bonds. The molecule has 0 unspecified atom stereocenters. The summed E-state index contributed by atoms with van der Waals surface area (Å²) in [4.78, 5) is 24.2. The van der Waals surface area contributed by atoms with Gasteiger partial charge in [0.05, 0.1) is 16.4 Å². The van der Waals surface area contributed by atoms with E-state index < -0.39 is 5.91 Å². The number of nitrogens with one attached hydrogen (secondary N) is 2. The zero-order valence-corrected chi connectivity index (χ0v) is 13.5. The van der Waals surface area contributed by atoms with Gasteiger partial charge in [0.25, 0.3) is 11.8 Å². The molecule has 22 heavy (non-hydrogen) atoms. The van der Waals surface area contributed by atoms with Crippen LogP contribution in [0.25, 0.3) is 0 Å². The minimum atomic E-state index is -0.450. The number of anilines is 1. The highest BCUT2D eigenvalue weighted by Crippen LogP contribution is 2.22. The van der Waals surface area contributed by atoms with Crippen LogP contribution < -0.4 is 10.6 Å². The van der Waals surface area contributed by atoms with Crippen molar-refractivity contribution in [1.82, 2.24) is 24.9 Å². The van der Waals surface area contributed by atoms with Crippen molar-refractivity contribution in [1.29, 1.82) is 0 Å². The molecule has 2 heterocycles. The zero-order valence-electron chi connectivity index (χ0n) is 12.8. The lowest BCUT2D eigenvalue weighted by Crippen LogP contribution is -2.22. The van der Waals surface area contributed by atoms with Crippen molar-refractivity contribution in [2.75, 3.05) is 12.4 Å². The molecule has 0 bridgehead atoms. The molecule has 0 saturated carbocycles. The fourth-order valence-corrected chi connectivity index (χ4v) is 2.27. The first-order chi connectivity index (χ1) is 10.4. The maximum absolute atomic E-state index is 12.4. The number of nitrogens with zero attached hydrogens (tertiary/aromatic N) is 4. The van der Waals surface area contributed by atoms with Crippen LogP contribution in [0.15, 0.2) is 6.20 Å². The lowest BCUT2D eigenvalue weighted by molar-refractivity contribution is 0.0958. The molecular formula is C13H17ClN6O2. The van der Waals surface area contributed by atoms with Crippen molar-refractivity contribution in [2.24, 2.45) is 7.05 Å². The van der Waals surface area contributed by atoms with E-state index in [0.717, 1.165) is 0 Å². The smallest absolute Gasteiger partial charge is 0.275 e. The molecule has 118 valence electrons. The number of carbonyl (C=O) groups is 2. The summed E-state index contributed by atoms with van der Waals surface area (Å²) < 4.78 is 2.97. The average Bonchev–Trinajstić information content (AvgIpc) is 2.99. The van der Waals surface area contributed by atoms with Gasteiger partial charge in [-0.2, -0.15) is 10.2 Å². The molecule has 0 aliphatic carbocycles. The van der Waals surface area contributed by atoms with E-state index in [4.69, 9.17) is 11.6 Å². The van der Waals surface area contributed by atoms with Gasteiger partial charge in [-0.3, -0.25) is 19.0 Å². The summed E-state index contributed by atoms with van der Waals surface area (Å²) in [6.45, 7) is 4.17. The van der Waals surface area contributed by atoms with E-state index in [9.17, 15) is 9.59 Å². The van der Waals surface area contributed by atoms with Crippen molar-refractivity contribution in [3.05, 3.63) is 28.3 Å². The van der Waals surface area contributed by atoms with Crippen LogP contribution in [0.3, 0.4) is 0 Å². The number of halogens is 1. The Morgan fingerprint density at radius 1 is 1.32 bits per heavy atom. The summed E-state index contributed by atoms with van der Waals surface area (Å²) in [6, 6.07) is 0. The van der Waals surface area contributed by atoms with Gasteiger partial charge in [0.15, 0.2) is 5.69 Å². The van der Waals surface area contributed by atoms with E-state index in [2.05, 4.69) is 20.8 Å². The van der Waals surface area contributed by atoms with Crippen LogP contribution in [-0.4, -0.2) is 38.4 Å². The molecule has 0 aliphatic heterocycles. The second kappa shape index (κ2) is 6.18. The topological polar surface area (TPSA) is 93.8 Å². The normalized spacial score (nSPS) is 10.6. The molecule has 9 heteroatoms. The minimum absolute atomic E-state index is 0.146. The summed E-state index contributed by atoms with van der Waals surface area (Å²) >= 11 is 6.09. The van der Waals surface area contributed by atoms with Crippen LogP contribution in [0.4, 0.5) is 5.69 Å². The van der Waals surface area contributed by atoms with E-state index in [1.165, 1.54) is 11.7 Å². The average molecular weight is 325 g/mol. The number of hydrogen-bond donors (Lipinski definition) is 2. The van der Waals surface area contributed by atoms with Gasteiger partial charge in [0.1, 0.15) is 5.69 Å². The molecule has 0 aliphatic rings. The Bertz CT molecular complexity index is 733. The highest BCUT2D eigenvalue weighted by molar-refractivity contribution is 6.34. The first-order valence-electron chi connectivity index (χ1n) is 6.69. The Balaban J connectivity index is 2.36. The molecule has 2 aromatic heterocycles. The third-order valence-corrected chi connectivity index (χ3v) is 3.59. The van der Waals surface area contributed by atoms with Gasteiger partial charge in [-0.1, -0.05) is 11.6 Å². The van der Waals surface area contributed by atoms with Gasteiger partial charge < -0.3 is 10.6 Å². The Hall–Kier alpha value is -2.35. The lowest BCUT2D eigenvalue weighted by Gasteiger charge is -2.05. The predicted molar refractivity (Wildman–Crippen MR) is 82.2 cm³/mol. The summed E-state index contributed by atoms with van der Waals surface area (Å²) in [5.41, 5.74) is 1.25. The summed E-state index contributed by atoms with van der Waals surface area (Å²) in [6.07, 6.45) is 1.60. The molecule has 2 rings (SSSR count). The first kappa shape index (κ1) is 16.0. The molecule has 0 fully saturated rings. The molecule has 0 saturated heterocycles. The summed E-state index contributed by atoms with van der Waals surface area (Å²) in [7, 11) is 3.13. The minimum Gasteiger partial charge on any atom is -0.354 e. The summed E-state index contributed by atoms with van der Waals surface area (Å²) in [5.74, 6) is -0.830. The Labute approximate surface area is 132 Å². The SMILES string of the molecule is CCn1cc(NC(=O)c2c(Cl)c(C)nn2C)c(C(=O)NC)n1. The molecule has 2 aromatic rings. The Morgan fingerprint density at radius 2 is 2.00 bits per heavy atom. The highest BCUT2D eigenvalue weighted by atomic mass is 35.5. The fraction of sp³-hybridized carbons (Fsp3) is 0.385. The molecule has 8 nitrogen and oxygen atoms in total. The molecule has 2 N–H and O–H groups in total. The van der Waals surface area contributed by atoms with Crippen molar-refractivity contribution >= 4 is 29.1 Å². The maximum Gasteiger partial charge on any atom is 0.275 e. The van der Waals surface area contributed by atoms with Gasteiger partial charge in [-0.15, -0.1) is 0 Å². The van der Waals surface area contributed by atoms with Gasteiger partial charge in [-0.25, -0.2) is 0 Å². The standard InChI is InChI=1S/C13H17ClN6O2/c1-5-20-6-8(10(18-20)12(21)15-3)16-13(22)11-9(14)7(2)17-19(11)4/h6H,5H2,1-4H3,(H,15,21)(H,16,22). The van der Waals surface area contributed by atoms with Gasteiger partial charge >= 0.3 is 0 Å². The number of carbonyl (C=O) groups excluding carboxylic acids is 2. The molecule has 0 aromatic carbocycles. The van der Waals surface area contributed by atoms with E-state index in [0.29, 0.717) is 17.9 Å². The third-order valence-electron chi connectivity index (χ3n) is 3.14. The van der Waals surface area contributed by atoms with Gasteiger partial charge in [-0.05, 0) is 13.8 Å². The van der Waals surface area contributed by atoms with Crippen LogP contribution in [0.2, 0.25) is 5.02 Å². The Morgan fingerprint density at radius 3 is 2.50 bits per heavy atom. The zero-order chi connectivity index (χ0) is 16.4. The molecule has 0 radical (unpaired) electrons. The quantitative estimate of drug-likeness (QED) is 0.884. The van der Waals surface area contributed by atoms with E-state index in [1.807, 2.05) is 6.92 Å². The second-order valence-corrected chi connectivity index (χ2v) is 5.03. The number of aryl methyl sites for hydroxylation is 3. The second-order valence-electron chi connectivity index (χ2n) is 4.65. The van der Waals surface area contributed by atoms with Gasteiger partial charge in [0.2, 0.25) is 0 Å². The van der Waals surface area contributed by atoms with Gasteiger partial charge in [0, 0.05) is 26.8 Å². The fourth-order valence-electron chi connectivity index (χ4n) is 2.02. The van der Waals surface area contributed by atoms with Crippen LogP contribution in [0, 0.1) is 6.92 Å². The number of aromatic nitrogens is 4. The highest BCUT2D eigenvalue weighted by Gasteiger charge is 2.22. The monoisotopic (exact) mass is 324 g/mol. The maximum atomic E-state index is 12.4. The number of amides is 2. The van der Waals surface area contributed by atoms with Crippen molar-refractivity contribution in [2.45, 2.75) is 20.4 Å². The lowest BCUT2D eigenvalue weighted by atomic mass is 10.3. The molecule has 0 spiro atoms. The van der Waals surface area contributed by atoms with E-state index in [1.54, 1.807) is 24.9 Å². The Kier molecular flexibility index (Phi) is 4.51. The predicted octanol–water partition coefficient (Wildman–Crippen LogP) is 1.21. The van der Waals surface area contributed by atoms with Crippen molar-refractivity contribution in [3.63, 3.8) is 0 Å². The van der Waals surface area contributed by atoms with E-state index >= 15 is 0 Å². The third kappa shape index (κ3) is 2.82. The van der Waals surface area contributed by atoms with Crippen LogP contribution in [0.1, 0.15) is 33.6 Å². The number of rotatable bonds is 4. The van der Waals surface area contributed by atoms with Crippen LogP contribution in [-0.2, 0) is 13.6 Å². The first-order valence-corrected chi connectivity index (χ1v) is 7.06. The van der Waals surface area contributed by atoms with Crippen molar-refractivity contribution in [3.8, 4) is 0 Å². The summed E-state index contributed by atoms with van der Waals surface area (Å²) in [5, 5.41) is 13.7.